The molecule has 0 amide bonds. The molecule has 0 aliphatic heterocycles. The van der Waals surface area contributed by atoms with Crippen molar-refractivity contribution in [2.24, 2.45) is 0 Å². The number of hydrogen-bond acceptors (Lipinski definition) is 3. The van der Waals surface area contributed by atoms with E-state index >= 15 is 0 Å². The molecule has 4 nitrogen and oxygen atoms in total. The minimum absolute atomic E-state index is 0.00307. The van der Waals surface area contributed by atoms with E-state index in [-0.39, 0.29) is 11.6 Å². The molecule has 5 heteroatoms. The van der Waals surface area contributed by atoms with Crippen molar-refractivity contribution in [1.82, 2.24) is 9.78 Å². The number of benzene rings is 1. The van der Waals surface area contributed by atoms with Crippen molar-refractivity contribution < 1.29 is 9.53 Å². The molecule has 2 rings (SSSR count). The smallest absolute Gasteiger partial charge is 0.341 e. The lowest BCUT2D eigenvalue weighted by molar-refractivity contribution is 0.0546. The molecule has 0 saturated heterocycles. The summed E-state index contributed by atoms with van der Waals surface area (Å²) in [7, 11) is 0. The fraction of sp³-hybridized carbons (Fsp3) is 0.0769. The molecular formula is C13H11ClN2O2. The van der Waals surface area contributed by atoms with Crippen molar-refractivity contribution in [3.63, 3.8) is 0 Å². The van der Waals surface area contributed by atoms with Crippen LogP contribution in [0.3, 0.4) is 0 Å². The van der Waals surface area contributed by atoms with Gasteiger partial charge in [-0.15, -0.1) is 0 Å². The van der Waals surface area contributed by atoms with Crippen molar-refractivity contribution in [3.05, 3.63) is 59.9 Å². The first-order chi connectivity index (χ1) is 8.66. The number of ether oxygens (including phenoxy) is 1. The number of esters is 1. The molecule has 18 heavy (non-hydrogen) atoms. The Bertz CT molecular complexity index is 563. The molecule has 1 aromatic carbocycles. The second-order valence-corrected chi connectivity index (χ2v) is 4.14. The lowest BCUT2D eigenvalue weighted by atomic mass is 10.3. The van der Waals surface area contributed by atoms with Crippen LogP contribution in [0, 0.1) is 0 Å². The first-order valence-corrected chi connectivity index (χ1v) is 5.65. The van der Waals surface area contributed by atoms with E-state index in [0.29, 0.717) is 5.56 Å². The Morgan fingerprint density at radius 3 is 2.78 bits per heavy atom. The van der Waals surface area contributed by atoms with Crippen LogP contribution in [0.4, 0.5) is 0 Å². The zero-order valence-electron chi connectivity index (χ0n) is 9.54. The van der Waals surface area contributed by atoms with Crippen LogP contribution in [-0.4, -0.2) is 22.4 Å². The summed E-state index contributed by atoms with van der Waals surface area (Å²) in [5, 5.41) is 4.37. The van der Waals surface area contributed by atoms with Crippen LogP contribution >= 0.6 is 11.6 Å². The zero-order chi connectivity index (χ0) is 13.0. The zero-order valence-corrected chi connectivity index (χ0v) is 10.3. The van der Waals surface area contributed by atoms with Gasteiger partial charge in [0.25, 0.3) is 0 Å². The minimum Gasteiger partial charge on any atom is -0.456 e. The van der Waals surface area contributed by atoms with Gasteiger partial charge < -0.3 is 4.74 Å². The summed E-state index contributed by atoms with van der Waals surface area (Å²) in [5.74, 6) is -0.473. The van der Waals surface area contributed by atoms with Crippen LogP contribution in [0.5, 0.6) is 0 Å². The fourth-order valence-electron chi connectivity index (χ4n) is 1.38. The van der Waals surface area contributed by atoms with Crippen LogP contribution in [-0.2, 0) is 4.74 Å². The third-order valence-corrected chi connectivity index (χ3v) is 2.31. The number of para-hydroxylation sites is 1. The molecule has 1 heterocycles. The van der Waals surface area contributed by atoms with Gasteiger partial charge in [-0.1, -0.05) is 36.4 Å². The summed E-state index contributed by atoms with van der Waals surface area (Å²) in [6.07, 6.45) is 3.06. The Kier molecular flexibility index (Phi) is 3.79. The van der Waals surface area contributed by atoms with Gasteiger partial charge in [-0.3, -0.25) is 0 Å². The Balaban J connectivity index is 2.11. The number of carbonyl (C=O) groups is 1. The van der Waals surface area contributed by atoms with Crippen molar-refractivity contribution >= 4 is 17.6 Å². The second kappa shape index (κ2) is 5.51. The van der Waals surface area contributed by atoms with Crippen LogP contribution in [0.1, 0.15) is 10.4 Å². The Hall–Kier alpha value is -2.07. The van der Waals surface area contributed by atoms with E-state index in [1.165, 1.54) is 6.20 Å². The highest BCUT2D eigenvalue weighted by Crippen LogP contribution is 2.09. The van der Waals surface area contributed by atoms with Gasteiger partial charge in [0.05, 0.1) is 17.4 Å². The van der Waals surface area contributed by atoms with Gasteiger partial charge in [0.15, 0.2) is 0 Å². The van der Waals surface area contributed by atoms with E-state index < -0.39 is 5.97 Å². The average Bonchev–Trinajstić information content (AvgIpc) is 2.86. The minimum atomic E-state index is -0.473. The summed E-state index contributed by atoms with van der Waals surface area (Å²) in [6, 6.07) is 9.48. The van der Waals surface area contributed by atoms with E-state index in [9.17, 15) is 4.79 Å². The van der Waals surface area contributed by atoms with E-state index in [0.717, 1.165) is 5.69 Å². The van der Waals surface area contributed by atoms with Gasteiger partial charge in [-0.25, -0.2) is 9.48 Å². The van der Waals surface area contributed by atoms with Crippen molar-refractivity contribution in [3.8, 4) is 5.69 Å². The van der Waals surface area contributed by atoms with Crippen LogP contribution in [0.2, 0.25) is 0 Å². The predicted octanol–water partition coefficient (Wildman–Crippen LogP) is 2.78. The normalized spacial score (nSPS) is 10.1. The molecule has 0 fully saturated rings. The lowest BCUT2D eigenvalue weighted by Crippen LogP contribution is -2.05. The van der Waals surface area contributed by atoms with Crippen LogP contribution < -0.4 is 0 Å². The predicted molar refractivity (Wildman–Crippen MR) is 68.8 cm³/mol. The highest BCUT2D eigenvalue weighted by molar-refractivity contribution is 6.29. The lowest BCUT2D eigenvalue weighted by Gasteiger charge is -2.01. The van der Waals surface area contributed by atoms with Gasteiger partial charge in [0.1, 0.15) is 6.61 Å². The molecule has 0 radical (unpaired) electrons. The van der Waals surface area contributed by atoms with E-state index in [1.54, 1.807) is 10.9 Å². The molecule has 0 saturated carbocycles. The van der Waals surface area contributed by atoms with Crippen LogP contribution in [0.25, 0.3) is 5.69 Å². The standard InChI is InChI=1S/C13H11ClN2O2/c1-10(14)9-18-13(17)11-7-15-16(8-11)12-5-3-2-4-6-12/h2-8H,1,9H2. The maximum atomic E-state index is 11.6. The van der Waals surface area contributed by atoms with Crippen LogP contribution in [0.15, 0.2) is 54.3 Å². The summed E-state index contributed by atoms with van der Waals surface area (Å²) in [4.78, 5) is 11.6. The largest absolute Gasteiger partial charge is 0.456 e. The number of halogens is 1. The van der Waals surface area contributed by atoms with Crippen molar-refractivity contribution in [1.29, 1.82) is 0 Å². The van der Waals surface area contributed by atoms with Gasteiger partial charge in [-0.2, -0.15) is 5.10 Å². The quantitative estimate of drug-likeness (QED) is 0.796. The maximum Gasteiger partial charge on any atom is 0.341 e. The number of carbonyl (C=O) groups excluding carboxylic acids is 1. The highest BCUT2D eigenvalue weighted by atomic mass is 35.5. The molecule has 0 aliphatic carbocycles. The topological polar surface area (TPSA) is 44.1 Å². The van der Waals surface area contributed by atoms with Gasteiger partial charge in [0, 0.05) is 11.2 Å². The summed E-state index contributed by atoms with van der Waals surface area (Å²) >= 11 is 5.52. The first-order valence-electron chi connectivity index (χ1n) is 5.27. The Morgan fingerprint density at radius 1 is 1.39 bits per heavy atom. The van der Waals surface area contributed by atoms with Gasteiger partial charge in [0.2, 0.25) is 0 Å². The Morgan fingerprint density at radius 2 is 2.11 bits per heavy atom. The highest BCUT2D eigenvalue weighted by Gasteiger charge is 2.10. The maximum absolute atomic E-state index is 11.6. The SMILES string of the molecule is C=C(Cl)COC(=O)c1cnn(-c2ccccc2)c1. The molecule has 0 aliphatic rings. The molecule has 2 aromatic rings. The average molecular weight is 263 g/mol. The first kappa shape index (κ1) is 12.4. The monoisotopic (exact) mass is 262 g/mol. The Labute approximate surface area is 109 Å². The summed E-state index contributed by atoms with van der Waals surface area (Å²) in [6.45, 7) is 3.44. The summed E-state index contributed by atoms with van der Waals surface area (Å²) in [5.41, 5.74) is 1.25. The molecule has 0 N–H and O–H groups in total. The third kappa shape index (κ3) is 2.99. The molecule has 0 spiro atoms. The number of rotatable bonds is 4. The number of hydrogen-bond donors (Lipinski definition) is 0. The molecule has 0 bridgehead atoms. The summed E-state index contributed by atoms with van der Waals surface area (Å²) < 4.78 is 6.52. The van der Waals surface area contributed by atoms with Gasteiger partial charge >= 0.3 is 5.97 Å². The third-order valence-electron chi connectivity index (χ3n) is 2.20. The number of nitrogens with zero attached hydrogens (tertiary/aromatic N) is 2. The van der Waals surface area contributed by atoms with Crippen molar-refractivity contribution in [2.75, 3.05) is 6.61 Å². The molecule has 92 valence electrons. The van der Waals surface area contributed by atoms with Gasteiger partial charge in [-0.05, 0) is 12.1 Å². The molecule has 1 aromatic heterocycles. The second-order valence-electron chi connectivity index (χ2n) is 3.60. The number of aromatic nitrogens is 2. The van der Waals surface area contributed by atoms with E-state index in [1.807, 2.05) is 30.3 Å². The molecular weight excluding hydrogens is 252 g/mol. The molecule has 0 unspecified atom stereocenters. The fourth-order valence-corrected chi connectivity index (χ4v) is 1.43. The van der Waals surface area contributed by atoms with Crippen molar-refractivity contribution in [2.45, 2.75) is 0 Å². The molecule has 0 atom stereocenters. The van der Waals surface area contributed by atoms with E-state index in [4.69, 9.17) is 16.3 Å². The van der Waals surface area contributed by atoms with E-state index in [2.05, 4.69) is 11.7 Å².